The lowest BCUT2D eigenvalue weighted by molar-refractivity contribution is -0.137. The summed E-state index contributed by atoms with van der Waals surface area (Å²) in [5.41, 5.74) is 0. The number of carbonyl (C=O) groups is 1. The Hall–Kier alpha value is -1.31. The van der Waals surface area contributed by atoms with Crippen LogP contribution < -0.4 is 0 Å². The Morgan fingerprint density at radius 1 is 1.42 bits per heavy atom. The van der Waals surface area contributed by atoms with Crippen molar-refractivity contribution < 1.29 is 9.53 Å². The van der Waals surface area contributed by atoms with Crippen molar-refractivity contribution in [2.24, 2.45) is 0 Å². The van der Waals surface area contributed by atoms with E-state index in [1.807, 2.05) is 6.92 Å². The fourth-order valence-corrected chi connectivity index (χ4v) is 0.528. The molecular weight excluding hydrogens is 152 g/mol. The third-order valence-electron chi connectivity index (χ3n) is 1.04. The van der Waals surface area contributed by atoms with Crippen LogP contribution in [0.2, 0.25) is 0 Å². The van der Waals surface area contributed by atoms with Crippen molar-refractivity contribution in [2.75, 3.05) is 6.61 Å². The summed E-state index contributed by atoms with van der Waals surface area (Å²) < 4.78 is 4.79. The Labute approximate surface area is 73.2 Å². The quantitative estimate of drug-likeness (QED) is 0.355. The van der Waals surface area contributed by atoms with Gasteiger partial charge in [-0.2, -0.15) is 0 Å². The van der Waals surface area contributed by atoms with E-state index in [1.54, 1.807) is 24.3 Å². The maximum Gasteiger partial charge on any atom is 0.330 e. The topological polar surface area (TPSA) is 26.3 Å². The number of rotatable bonds is 5. The highest BCUT2D eigenvalue weighted by Gasteiger charge is 1.91. The normalized spacial score (nSPS) is 10.8. The van der Waals surface area contributed by atoms with Crippen molar-refractivity contribution >= 4 is 5.97 Å². The van der Waals surface area contributed by atoms with Crippen LogP contribution in [0, 0.1) is 0 Å². The van der Waals surface area contributed by atoms with Gasteiger partial charge in [-0.1, -0.05) is 37.8 Å². The van der Waals surface area contributed by atoms with Crippen LogP contribution in [0.5, 0.6) is 0 Å². The van der Waals surface area contributed by atoms with Crippen molar-refractivity contribution in [1.82, 2.24) is 0 Å². The highest BCUT2D eigenvalue weighted by atomic mass is 16.5. The number of ether oxygens (including phenoxy) is 1. The molecule has 66 valence electrons. The summed E-state index contributed by atoms with van der Waals surface area (Å²) in [6.45, 7) is 5.92. The van der Waals surface area contributed by atoms with Crippen LogP contribution in [0.25, 0.3) is 0 Å². The van der Waals surface area contributed by atoms with E-state index < -0.39 is 0 Å². The van der Waals surface area contributed by atoms with Gasteiger partial charge in [0.05, 0.1) is 6.61 Å². The van der Waals surface area contributed by atoms with Crippen molar-refractivity contribution in [1.29, 1.82) is 0 Å². The van der Waals surface area contributed by atoms with E-state index in [0.29, 0.717) is 6.61 Å². The molecule has 2 nitrogen and oxygen atoms in total. The van der Waals surface area contributed by atoms with Crippen LogP contribution in [0.3, 0.4) is 0 Å². The predicted octanol–water partition coefficient (Wildman–Crippen LogP) is 2.24. The summed E-state index contributed by atoms with van der Waals surface area (Å²) in [7, 11) is 0. The number of allylic oxidation sites excluding steroid dienone is 4. The van der Waals surface area contributed by atoms with Crippen molar-refractivity contribution in [3.63, 3.8) is 0 Å². The first-order valence-corrected chi connectivity index (χ1v) is 3.93. The second kappa shape index (κ2) is 7.79. The minimum atomic E-state index is -0.300. The van der Waals surface area contributed by atoms with E-state index in [-0.39, 0.29) is 5.97 Å². The van der Waals surface area contributed by atoms with E-state index in [4.69, 9.17) is 4.74 Å². The van der Waals surface area contributed by atoms with Gasteiger partial charge < -0.3 is 4.74 Å². The number of carbonyl (C=O) groups excluding carboxylic acids is 1. The molecule has 0 amide bonds. The van der Waals surface area contributed by atoms with Gasteiger partial charge in [-0.05, 0) is 6.42 Å². The van der Waals surface area contributed by atoms with Gasteiger partial charge in [0.2, 0.25) is 0 Å². The molecule has 0 aliphatic heterocycles. The Kier molecular flexibility index (Phi) is 6.94. The van der Waals surface area contributed by atoms with E-state index in [2.05, 4.69) is 6.58 Å². The van der Waals surface area contributed by atoms with Gasteiger partial charge in [-0.25, -0.2) is 4.79 Å². The third-order valence-corrected chi connectivity index (χ3v) is 1.04. The molecule has 0 N–H and O–H groups in total. The summed E-state index contributed by atoms with van der Waals surface area (Å²) in [5.74, 6) is -0.300. The zero-order valence-electron chi connectivity index (χ0n) is 7.32. The Balaban J connectivity index is 3.60. The average Bonchev–Trinajstić information content (AvgIpc) is 2.09. The maximum absolute atomic E-state index is 10.8. The van der Waals surface area contributed by atoms with Crippen LogP contribution in [0.15, 0.2) is 37.0 Å². The molecule has 2 heteroatoms. The predicted molar refractivity (Wildman–Crippen MR) is 49.7 cm³/mol. The van der Waals surface area contributed by atoms with Gasteiger partial charge in [-0.15, -0.1) is 0 Å². The zero-order chi connectivity index (χ0) is 9.23. The van der Waals surface area contributed by atoms with Gasteiger partial charge in [0.1, 0.15) is 0 Å². The Morgan fingerprint density at radius 2 is 2.17 bits per heavy atom. The van der Waals surface area contributed by atoms with E-state index >= 15 is 0 Å². The SMILES string of the molecule is C=C/C=C/C=CC(=O)OCCC. The smallest absolute Gasteiger partial charge is 0.330 e. The number of esters is 1. The molecule has 0 aliphatic carbocycles. The molecule has 0 spiro atoms. The molecule has 0 rings (SSSR count). The summed E-state index contributed by atoms with van der Waals surface area (Å²) in [6, 6.07) is 0. The molecule has 0 fully saturated rings. The molecular formula is C10H14O2. The lowest BCUT2D eigenvalue weighted by atomic mass is 10.4. The lowest BCUT2D eigenvalue weighted by Gasteiger charge is -1.95. The molecule has 0 aromatic heterocycles. The third kappa shape index (κ3) is 6.81. The Morgan fingerprint density at radius 3 is 2.75 bits per heavy atom. The van der Waals surface area contributed by atoms with Crippen molar-refractivity contribution in [2.45, 2.75) is 13.3 Å². The maximum atomic E-state index is 10.8. The van der Waals surface area contributed by atoms with Crippen LogP contribution in [-0.4, -0.2) is 12.6 Å². The summed E-state index contributed by atoms with van der Waals surface area (Å²) >= 11 is 0. The largest absolute Gasteiger partial charge is 0.463 e. The number of hydrogen-bond donors (Lipinski definition) is 0. The molecule has 0 radical (unpaired) electrons. The van der Waals surface area contributed by atoms with Gasteiger partial charge in [0.15, 0.2) is 0 Å². The molecule has 0 aliphatic rings. The summed E-state index contributed by atoms with van der Waals surface area (Å²) in [6.07, 6.45) is 8.96. The average molecular weight is 166 g/mol. The second-order valence-corrected chi connectivity index (χ2v) is 2.15. The Bertz CT molecular complexity index is 190. The molecule has 0 unspecified atom stereocenters. The first-order valence-electron chi connectivity index (χ1n) is 3.93. The first kappa shape index (κ1) is 10.7. The molecule has 0 saturated heterocycles. The van der Waals surface area contributed by atoms with Crippen LogP contribution >= 0.6 is 0 Å². The van der Waals surface area contributed by atoms with Gasteiger partial charge in [-0.3, -0.25) is 0 Å². The van der Waals surface area contributed by atoms with Gasteiger partial charge in [0, 0.05) is 6.08 Å². The second-order valence-electron chi connectivity index (χ2n) is 2.15. The molecule has 0 aromatic carbocycles. The van der Waals surface area contributed by atoms with Gasteiger partial charge in [0.25, 0.3) is 0 Å². The summed E-state index contributed by atoms with van der Waals surface area (Å²) in [5, 5.41) is 0. The van der Waals surface area contributed by atoms with E-state index in [0.717, 1.165) is 6.42 Å². The zero-order valence-corrected chi connectivity index (χ0v) is 7.32. The van der Waals surface area contributed by atoms with Crippen molar-refractivity contribution in [3.05, 3.63) is 37.0 Å². The highest BCUT2D eigenvalue weighted by molar-refractivity contribution is 5.82. The van der Waals surface area contributed by atoms with Crippen molar-refractivity contribution in [3.8, 4) is 0 Å². The summed E-state index contributed by atoms with van der Waals surface area (Å²) in [4.78, 5) is 10.8. The van der Waals surface area contributed by atoms with Gasteiger partial charge >= 0.3 is 5.97 Å². The first-order chi connectivity index (χ1) is 5.81. The van der Waals surface area contributed by atoms with Crippen LogP contribution in [0.1, 0.15) is 13.3 Å². The molecule has 0 saturated carbocycles. The fourth-order valence-electron chi connectivity index (χ4n) is 0.528. The monoisotopic (exact) mass is 166 g/mol. The lowest BCUT2D eigenvalue weighted by Crippen LogP contribution is -2.00. The minimum Gasteiger partial charge on any atom is -0.463 e. The molecule has 0 heterocycles. The molecule has 0 bridgehead atoms. The fraction of sp³-hybridized carbons (Fsp3) is 0.300. The number of hydrogen-bond acceptors (Lipinski definition) is 2. The van der Waals surface area contributed by atoms with E-state index in [1.165, 1.54) is 6.08 Å². The standard InChI is InChI=1S/C10H14O2/c1-3-5-6-7-8-10(11)12-9-4-2/h3,5-8H,1,4,9H2,2H3/b6-5+,8-7?. The van der Waals surface area contributed by atoms with E-state index in [9.17, 15) is 4.79 Å². The van der Waals surface area contributed by atoms with Crippen LogP contribution in [-0.2, 0) is 9.53 Å². The molecule has 0 aromatic rings. The van der Waals surface area contributed by atoms with Crippen LogP contribution in [0.4, 0.5) is 0 Å². The molecule has 12 heavy (non-hydrogen) atoms. The minimum absolute atomic E-state index is 0.300. The highest BCUT2D eigenvalue weighted by Crippen LogP contribution is 1.85. The molecule has 0 atom stereocenters.